The second-order valence-electron chi connectivity index (χ2n) is 10.6. The molecular weight excluding hydrogens is 763 g/mol. The molecule has 4 N–H and O–H groups in total. The number of halogens is 9. The van der Waals surface area contributed by atoms with E-state index in [4.69, 9.17) is 48.9 Å². The van der Waals surface area contributed by atoms with Crippen molar-refractivity contribution in [3.63, 3.8) is 0 Å². The highest BCUT2D eigenvalue weighted by Crippen LogP contribution is 2.41. The number of aromatic nitrogens is 3. The van der Waals surface area contributed by atoms with Gasteiger partial charge in [0.2, 0.25) is 0 Å². The Hall–Kier alpha value is -5.32. The topological polar surface area (TPSA) is 184 Å². The first-order chi connectivity index (χ1) is 24.4. The number of methoxy groups -OCH3 is 1. The summed E-state index contributed by atoms with van der Waals surface area (Å²) in [6.07, 6.45) is -10.7. The summed E-state index contributed by atoms with van der Waals surface area (Å²) in [7, 11) is 5.77. The number of fused-ring (bicyclic) bond motifs is 2. The summed E-state index contributed by atoms with van der Waals surface area (Å²) in [4.78, 5) is 33.8. The van der Waals surface area contributed by atoms with Crippen molar-refractivity contribution in [2.45, 2.75) is 30.9 Å². The van der Waals surface area contributed by atoms with Crippen molar-refractivity contribution in [3.05, 3.63) is 53.3 Å². The van der Waals surface area contributed by atoms with Gasteiger partial charge in [-0.05, 0) is 62.0 Å². The monoisotopic (exact) mass is 792 g/mol. The Balaban J connectivity index is 0.000000379. The molecule has 0 saturated carbocycles. The number of carboxylic acid groups (broad SMARTS) is 3. The summed E-state index contributed by atoms with van der Waals surface area (Å²) >= 11 is 1.71. The van der Waals surface area contributed by atoms with E-state index in [-0.39, 0.29) is 5.92 Å². The third-order valence-electron chi connectivity index (χ3n) is 6.35. The highest BCUT2D eigenvalue weighted by atomic mass is 32.1. The van der Waals surface area contributed by atoms with E-state index in [1.807, 2.05) is 38.6 Å². The molecule has 5 rings (SSSR count). The van der Waals surface area contributed by atoms with E-state index in [9.17, 15) is 39.5 Å². The predicted molar refractivity (Wildman–Crippen MR) is 167 cm³/mol. The fourth-order valence-corrected chi connectivity index (χ4v) is 4.98. The third-order valence-corrected chi connectivity index (χ3v) is 7.52. The quantitative estimate of drug-likeness (QED) is 0.155. The first kappa shape index (κ1) is 43.8. The number of H-pyrrole nitrogens is 1. The van der Waals surface area contributed by atoms with Crippen molar-refractivity contribution >= 4 is 39.5 Å². The number of alkyl halides is 9. The van der Waals surface area contributed by atoms with Gasteiger partial charge in [0.25, 0.3) is 0 Å². The molecule has 2 aromatic heterocycles. The van der Waals surface area contributed by atoms with Gasteiger partial charge in [0, 0.05) is 24.2 Å². The van der Waals surface area contributed by atoms with Crippen LogP contribution < -0.4 is 14.2 Å². The number of carbonyl (C=O) groups is 3. The second-order valence-corrected chi connectivity index (χ2v) is 11.7. The van der Waals surface area contributed by atoms with Gasteiger partial charge >= 0.3 is 36.4 Å². The lowest BCUT2D eigenvalue weighted by Gasteiger charge is -2.24. The number of rotatable bonds is 7. The fraction of sp³-hybridized carbons (Fsp3) is 0.367. The van der Waals surface area contributed by atoms with Crippen molar-refractivity contribution in [2.75, 3.05) is 41.0 Å². The second kappa shape index (κ2) is 18.4. The van der Waals surface area contributed by atoms with Crippen LogP contribution in [0.3, 0.4) is 0 Å². The minimum absolute atomic E-state index is 0.194. The molecule has 1 unspecified atom stereocenters. The van der Waals surface area contributed by atoms with Gasteiger partial charge in [-0.25, -0.2) is 19.4 Å². The van der Waals surface area contributed by atoms with Crippen LogP contribution in [0.4, 0.5) is 39.5 Å². The van der Waals surface area contributed by atoms with Gasteiger partial charge in [0.05, 0.1) is 24.6 Å². The summed E-state index contributed by atoms with van der Waals surface area (Å²) < 4.78 is 114. The molecule has 0 radical (unpaired) electrons. The zero-order chi connectivity index (χ0) is 40.3. The van der Waals surface area contributed by atoms with Gasteiger partial charge in [0.15, 0.2) is 0 Å². The highest BCUT2D eigenvalue weighted by Gasteiger charge is 2.39. The van der Waals surface area contributed by atoms with Crippen LogP contribution in [0.1, 0.15) is 16.5 Å². The molecule has 1 aliphatic rings. The minimum atomic E-state index is -5.08. The minimum Gasteiger partial charge on any atom is -0.497 e. The SMILES string of the molecule is COc1ccc2c(c1)CC(c1nc3c(OCCN(C)C)cc(-c4cn[nH]c4)cc3s1)CO2.O=C(O)C(F)(F)F.O=C(O)C(F)(F)F.O=C(O)C(F)(F)F. The zero-order valence-corrected chi connectivity index (χ0v) is 28.2. The van der Waals surface area contributed by atoms with Gasteiger partial charge in [-0.2, -0.15) is 44.6 Å². The van der Waals surface area contributed by atoms with E-state index in [2.05, 4.69) is 33.3 Å². The Bertz CT molecular complexity index is 1770. The Kier molecular flexibility index (Phi) is 15.3. The number of hydrogen-bond donors (Lipinski definition) is 4. The van der Waals surface area contributed by atoms with E-state index in [0.29, 0.717) is 13.2 Å². The van der Waals surface area contributed by atoms with Crippen LogP contribution in [-0.4, -0.2) is 113 Å². The van der Waals surface area contributed by atoms with E-state index in [1.54, 1.807) is 18.4 Å². The van der Waals surface area contributed by atoms with E-state index in [1.165, 1.54) is 0 Å². The number of carboxylic acids is 3. The van der Waals surface area contributed by atoms with Crippen LogP contribution in [0.25, 0.3) is 21.3 Å². The average Bonchev–Trinajstić information content (AvgIpc) is 3.75. The molecule has 53 heavy (non-hydrogen) atoms. The van der Waals surface area contributed by atoms with Crippen LogP contribution in [0.15, 0.2) is 42.7 Å². The smallest absolute Gasteiger partial charge is 0.490 e. The van der Waals surface area contributed by atoms with E-state index < -0.39 is 36.4 Å². The van der Waals surface area contributed by atoms with Crippen LogP contribution in [-0.2, 0) is 20.8 Å². The lowest BCUT2D eigenvalue weighted by Crippen LogP contribution is -2.21. The Morgan fingerprint density at radius 2 is 1.49 bits per heavy atom. The molecule has 0 amide bonds. The lowest BCUT2D eigenvalue weighted by molar-refractivity contribution is -0.193. The van der Waals surface area contributed by atoms with Gasteiger partial charge in [-0.3, -0.25) is 5.10 Å². The fourth-order valence-electron chi connectivity index (χ4n) is 3.87. The number of hydrogen-bond acceptors (Lipinski definition) is 10. The lowest BCUT2D eigenvalue weighted by atomic mass is 9.97. The van der Waals surface area contributed by atoms with Crippen LogP contribution >= 0.6 is 11.3 Å². The van der Waals surface area contributed by atoms with Gasteiger partial charge in [0.1, 0.15) is 34.4 Å². The molecule has 1 aliphatic heterocycles. The molecule has 13 nitrogen and oxygen atoms in total. The number of aliphatic carboxylic acids is 3. The number of nitrogens with zero attached hydrogens (tertiary/aromatic N) is 3. The van der Waals surface area contributed by atoms with Gasteiger partial charge < -0.3 is 34.4 Å². The molecule has 23 heteroatoms. The molecule has 292 valence electrons. The highest BCUT2D eigenvalue weighted by molar-refractivity contribution is 7.18. The Morgan fingerprint density at radius 3 is 1.96 bits per heavy atom. The summed E-state index contributed by atoms with van der Waals surface area (Å²) in [6, 6.07) is 10.2. The van der Waals surface area contributed by atoms with Crippen molar-refractivity contribution in [1.29, 1.82) is 0 Å². The molecule has 2 aromatic carbocycles. The largest absolute Gasteiger partial charge is 0.497 e. The van der Waals surface area contributed by atoms with Crippen LogP contribution in [0.5, 0.6) is 17.2 Å². The molecule has 0 saturated heterocycles. The van der Waals surface area contributed by atoms with E-state index in [0.717, 1.165) is 62.1 Å². The average molecular weight is 793 g/mol. The first-order valence-electron chi connectivity index (χ1n) is 14.3. The molecule has 4 aromatic rings. The summed E-state index contributed by atoms with van der Waals surface area (Å²) in [5.41, 5.74) is 4.16. The summed E-state index contributed by atoms with van der Waals surface area (Å²) in [5, 5.41) is 29.4. The standard InChI is InChI=1S/C24H26N4O3S.3C2HF3O2/c1-28(2)6-7-30-21-10-15(18-12-25-26-13-18)11-22-23(21)27-24(32-22)17-8-16-9-19(29-3)4-5-20(16)31-14-17;3*3-2(4,5)1(6)7/h4-5,9-13,17H,6-8,14H2,1-3H3,(H,25,26);3*(H,6,7). The number of nitrogens with one attached hydrogen (secondary N) is 1. The van der Waals surface area contributed by atoms with Crippen molar-refractivity contribution in [2.24, 2.45) is 0 Å². The number of aromatic amines is 1. The maximum atomic E-state index is 10.6. The van der Waals surface area contributed by atoms with Crippen molar-refractivity contribution in [3.8, 4) is 28.4 Å². The van der Waals surface area contributed by atoms with Gasteiger partial charge in [-0.1, -0.05) is 0 Å². The molecule has 0 fully saturated rings. The Morgan fingerprint density at radius 1 is 0.925 bits per heavy atom. The van der Waals surface area contributed by atoms with Crippen molar-refractivity contribution < 1.29 is 83.4 Å². The number of thiazole rings is 1. The molecule has 0 spiro atoms. The molecule has 0 aliphatic carbocycles. The number of benzene rings is 2. The summed E-state index contributed by atoms with van der Waals surface area (Å²) in [6.45, 7) is 2.05. The van der Waals surface area contributed by atoms with Gasteiger partial charge in [-0.15, -0.1) is 11.3 Å². The molecule has 3 heterocycles. The first-order valence-corrected chi connectivity index (χ1v) is 15.2. The van der Waals surface area contributed by atoms with Crippen LogP contribution in [0.2, 0.25) is 0 Å². The van der Waals surface area contributed by atoms with Crippen molar-refractivity contribution in [1.82, 2.24) is 20.1 Å². The Labute approximate surface area is 296 Å². The summed E-state index contributed by atoms with van der Waals surface area (Å²) in [5.74, 6) is -5.50. The molecular formula is C30H29F9N4O9S. The number of ether oxygens (including phenoxy) is 3. The zero-order valence-electron chi connectivity index (χ0n) is 27.4. The predicted octanol–water partition coefficient (Wildman–Crippen LogP) is 6.25. The maximum absolute atomic E-state index is 10.6. The third kappa shape index (κ3) is 14.0. The number of likely N-dealkylation sites (N-methyl/N-ethyl adjacent to an activating group) is 1. The van der Waals surface area contributed by atoms with E-state index >= 15 is 0 Å². The normalized spacial score (nSPS) is 13.9. The maximum Gasteiger partial charge on any atom is 0.490 e. The van der Waals surface area contributed by atoms with Crippen LogP contribution in [0, 0.1) is 0 Å². The molecule has 1 atom stereocenters. The molecule has 0 bridgehead atoms.